The summed E-state index contributed by atoms with van der Waals surface area (Å²) < 4.78 is 68.1. The van der Waals surface area contributed by atoms with Gasteiger partial charge in [-0.05, 0) is 67.3 Å². The number of thiazole rings is 2. The van der Waals surface area contributed by atoms with E-state index in [1.165, 1.54) is 22.7 Å². The summed E-state index contributed by atoms with van der Waals surface area (Å²) in [6.07, 6.45) is 1.58. The minimum absolute atomic E-state index is 0.0136. The number of amides is 1. The van der Waals surface area contributed by atoms with E-state index in [4.69, 9.17) is 19.3 Å². The van der Waals surface area contributed by atoms with Crippen LogP contribution in [0.2, 0.25) is 0 Å². The number of nitrogens with two attached hydrogens (primary N) is 1. The first-order valence-electron chi connectivity index (χ1n) is 18.6. The monoisotopic (exact) mass is 900 g/mol. The summed E-state index contributed by atoms with van der Waals surface area (Å²) in [6.45, 7) is 5.18. The van der Waals surface area contributed by atoms with Crippen molar-refractivity contribution < 1.29 is 35.2 Å². The summed E-state index contributed by atoms with van der Waals surface area (Å²) in [5, 5.41) is 16.3. The van der Waals surface area contributed by atoms with Gasteiger partial charge < -0.3 is 24.6 Å². The third-order valence-electron chi connectivity index (χ3n) is 8.70. The van der Waals surface area contributed by atoms with Crippen molar-refractivity contribution in [2.75, 3.05) is 12.5 Å². The molecule has 4 aromatic carbocycles. The molecule has 4 aromatic heterocycles. The summed E-state index contributed by atoms with van der Waals surface area (Å²) in [7, 11) is -7.25. The van der Waals surface area contributed by atoms with Crippen LogP contribution >= 0.6 is 22.7 Å². The van der Waals surface area contributed by atoms with Crippen molar-refractivity contribution >= 4 is 68.9 Å². The third-order valence-corrected chi connectivity index (χ3v) is 13.7. The van der Waals surface area contributed by atoms with E-state index in [0.717, 1.165) is 49.7 Å². The molecule has 2 atom stereocenters. The Morgan fingerprint density at radius 2 is 1.11 bits per heavy atom. The molecule has 0 aliphatic carbocycles. The summed E-state index contributed by atoms with van der Waals surface area (Å²) in [5.74, 6) is 0.124. The van der Waals surface area contributed by atoms with Crippen LogP contribution in [0.4, 0.5) is 4.79 Å². The highest BCUT2D eigenvalue weighted by atomic mass is 32.2. The highest BCUT2D eigenvalue weighted by Crippen LogP contribution is 2.38. The molecule has 4 heterocycles. The predicted molar refractivity (Wildman–Crippen MR) is 233 cm³/mol. The van der Waals surface area contributed by atoms with E-state index in [1.54, 1.807) is 20.8 Å². The number of sulfone groups is 2. The van der Waals surface area contributed by atoms with Gasteiger partial charge in [0.1, 0.15) is 15.6 Å². The zero-order chi connectivity index (χ0) is 43.5. The van der Waals surface area contributed by atoms with E-state index in [9.17, 15) is 21.6 Å². The Morgan fingerprint density at radius 3 is 1.52 bits per heavy atom. The highest BCUT2D eigenvalue weighted by molar-refractivity contribution is 7.91. The van der Waals surface area contributed by atoms with Crippen LogP contribution < -0.4 is 11.1 Å². The molecule has 2 unspecified atom stereocenters. The quantitative estimate of drug-likeness (QED) is 0.128. The maximum Gasteiger partial charge on any atom is 0.408 e. The highest BCUT2D eigenvalue weighted by Gasteiger charge is 2.35. The van der Waals surface area contributed by atoms with E-state index in [-0.39, 0.29) is 36.7 Å². The van der Waals surface area contributed by atoms with Crippen LogP contribution in [0.1, 0.15) is 64.8 Å². The average Bonchev–Trinajstić information content (AvgIpc) is 4.03. The standard InChI is InChI=1S/C23H24N4O5S2.C18H16N4O3S2/c1-23(2,3)32-22(28)24-13-18-26-27-20(31-18)19(34(4,29)30)21-25-16-11-10-15(12-17(16)33-21)14-8-6-5-7-9-14;1-27(23,24)16(17-22-21-15(10-19)25-17)18-20-13-8-7-12(9-14(13)26-18)11-5-3-2-4-6-11/h5-12,19H,13H2,1-4H3,(H,24,28);2-9,16H,10,19H2,1H3. The molecule has 1 amide bonds. The second kappa shape index (κ2) is 17.6. The van der Waals surface area contributed by atoms with Gasteiger partial charge in [0.05, 0.1) is 33.5 Å². The van der Waals surface area contributed by atoms with Crippen molar-refractivity contribution in [1.29, 1.82) is 0 Å². The van der Waals surface area contributed by atoms with Crippen LogP contribution in [-0.2, 0) is 37.5 Å². The van der Waals surface area contributed by atoms with Gasteiger partial charge in [-0.3, -0.25) is 0 Å². The molecule has 0 saturated heterocycles. The molecule has 0 bridgehead atoms. The van der Waals surface area contributed by atoms with E-state index in [0.29, 0.717) is 15.5 Å². The number of nitrogens with zero attached hydrogens (tertiary/aromatic N) is 6. The Bertz CT molecular complexity index is 3030. The lowest BCUT2D eigenvalue weighted by Crippen LogP contribution is -2.32. The molecule has 20 heteroatoms. The number of carbonyl (C=O) groups excluding carboxylic acids is 1. The van der Waals surface area contributed by atoms with Crippen LogP contribution in [0, 0.1) is 0 Å². The van der Waals surface area contributed by atoms with Gasteiger partial charge in [0.25, 0.3) is 0 Å². The number of hydrogen-bond acceptors (Lipinski definition) is 17. The number of ether oxygens (including phenoxy) is 1. The number of aromatic nitrogens is 6. The number of nitrogens with one attached hydrogen (secondary N) is 1. The fourth-order valence-corrected chi connectivity index (χ4v) is 11.1. The van der Waals surface area contributed by atoms with Crippen molar-refractivity contribution in [2.24, 2.45) is 5.73 Å². The molecule has 61 heavy (non-hydrogen) atoms. The number of benzene rings is 4. The maximum atomic E-state index is 12.7. The van der Waals surface area contributed by atoms with Crippen LogP contribution in [0.3, 0.4) is 0 Å². The maximum absolute atomic E-state index is 12.7. The van der Waals surface area contributed by atoms with E-state index < -0.39 is 41.9 Å². The lowest BCUT2D eigenvalue weighted by atomic mass is 10.1. The number of fused-ring (bicyclic) bond motifs is 2. The molecule has 0 fully saturated rings. The molecule has 0 aliphatic rings. The lowest BCUT2D eigenvalue weighted by Gasteiger charge is -2.19. The SMILES string of the molecule is CC(C)(C)OC(=O)NCc1nnc(C(c2nc3ccc(-c4ccccc4)cc3s2)S(C)(=O)=O)o1.CS(=O)(=O)C(c1nnc(CN)o1)c1nc2ccc(-c3ccccc3)cc2s1. The zero-order valence-corrected chi connectivity index (χ0v) is 36.7. The van der Waals surface area contributed by atoms with Gasteiger partial charge in [-0.25, -0.2) is 31.6 Å². The predicted octanol–water partition coefficient (Wildman–Crippen LogP) is 7.44. The van der Waals surface area contributed by atoms with Crippen LogP contribution in [-0.4, -0.2) is 71.4 Å². The molecule has 16 nitrogen and oxygen atoms in total. The number of hydrogen-bond donors (Lipinski definition) is 2. The van der Waals surface area contributed by atoms with Crippen LogP contribution in [0.15, 0.2) is 106 Å². The van der Waals surface area contributed by atoms with Crippen molar-refractivity contribution in [1.82, 2.24) is 35.7 Å². The first-order valence-corrected chi connectivity index (χ1v) is 24.1. The third kappa shape index (κ3) is 10.5. The Kier molecular flexibility index (Phi) is 12.4. The number of rotatable bonds is 11. The number of carbonyl (C=O) groups is 1. The number of alkyl carbamates (subject to hydrolysis) is 1. The molecule has 8 rings (SSSR count). The Balaban J connectivity index is 0.000000189. The van der Waals surface area contributed by atoms with Crippen molar-refractivity contribution in [3.63, 3.8) is 0 Å². The second-order valence-corrected chi connectivity index (χ2v) is 21.1. The van der Waals surface area contributed by atoms with Gasteiger partial charge in [-0.1, -0.05) is 72.8 Å². The van der Waals surface area contributed by atoms with E-state index in [1.807, 2.05) is 97.1 Å². The van der Waals surface area contributed by atoms with Gasteiger partial charge in [-0.15, -0.1) is 43.1 Å². The van der Waals surface area contributed by atoms with Gasteiger partial charge in [0.2, 0.25) is 23.6 Å². The van der Waals surface area contributed by atoms with Gasteiger partial charge in [-0.2, -0.15) is 0 Å². The molecular weight excluding hydrogens is 861 g/mol. The van der Waals surface area contributed by atoms with Crippen LogP contribution in [0.5, 0.6) is 0 Å². The van der Waals surface area contributed by atoms with Crippen molar-refractivity contribution in [3.05, 3.63) is 131 Å². The fraction of sp³-hybridized carbons (Fsp3) is 0.244. The Morgan fingerprint density at radius 1 is 0.672 bits per heavy atom. The normalized spacial score (nSPS) is 13.1. The van der Waals surface area contributed by atoms with Crippen LogP contribution in [0.25, 0.3) is 42.7 Å². The largest absolute Gasteiger partial charge is 0.444 e. The first-order chi connectivity index (χ1) is 28.9. The summed E-state index contributed by atoms with van der Waals surface area (Å²) in [4.78, 5) is 20.9. The summed E-state index contributed by atoms with van der Waals surface area (Å²) >= 11 is 2.57. The van der Waals surface area contributed by atoms with Gasteiger partial charge >= 0.3 is 6.09 Å². The van der Waals surface area contributed by atoms with E-state index in [2.05, 4.69) is 35.7 Å². The molecule has 0 saturated carbocycles. The molecule has 316 valence electrons. The molecular formula is C41H40N8O8S4. The molecule has 0 radical (unpaired) electrons. The summed E-state index contributed by atoms with van der Waals surface area (Å²) in [5.41, 5.74) is 10.4. The average molecular weight is 901 g/mol. The smallest absolute Gasteiger partial charge is 0.408 e. The molecule has 0 aliphatic heterocycles. The minimum atomic E-state index is -3.68. The first kappa shape index (κ1) is 43.2. The van der Waals surface area contributed by atoms with E-state index >= 15 is 0 Å². The molecule has 0 spiro atoms. The zero-order valence-electron chi connectivity index (χ0n) is 33.5. The Labute approximate surface area is 359 Å². The second-order valence-electron chi connectivity index (χ2n) is 14.7. The van der Waals surface area contributed by atoms with Gasteiger partial charge in [0.15, 0.2) is 30.2 Å². The van der Waals surface area contributed by atoms with Crippen molar-refractivity contribution in [3.8, 4) is 22.3 Å². The minimum Gasteiger partial charge on any atom is -0.444 e. The molecule has 3 N–H and O–H groups in total. The Hall–Kier alpha value is -5.93. The van der Waals surface area contributed by atoms with Gasteiger partial charge in [0, 0.05) is 12.5 Å². The topological polar surface area (TPSA) is 236 Å². The van der Waals surface area contributed by atoms with Crippen molar-refractivity contribution in [2.45, 2.75) is 50.0 Å². The molecule has 8 aromatic rings. The fourth-order valence-electron chi connectivity index (χ4n) is 6.03. The lowest BCUT2D eigenvalue weighted by molar-refractivity contribution is 0.0518. The summed E-state index contributed by atoms with van der Waals surface area (Å²) in [6, 6.07) is 31.5.